The highest BCUT2D eigenvalue weighted by Crippen LogP contribution is 2.40. The number of benzene rings is 1. The molecule has 37 heavy (non-hydrogen) atoms. The number of carbonyl (C=O) groups is 2. The van der Waals surface area contributed by atoms with Crippen molar-refractivity contribution in [2.45, 2.75) is 65.1 Å². The van der Waals surface area contributed by atoms with Crippen molar-refractivity contribution in [3.05, 3.63) is 53.2 Å². The molecule has 0 aliphatic carbocycles. The maximum absolute atomic E-state index is 13.8. The molecule has 1 saturated heterocycles. The fraction of sp³-hybridized carbons (Fsp3) is 0.519. The van der Waals surface area contributed by atoms with E-state index in [1.54, 1.807) is 33.8 Å². The smallest absolute Gasteiger partial charge is 0.407 e. The number of likely N-dealkylation sites (tertiary alicyclic amines) is 1. The van der Waals surface area contributed by atoms with Crippen LogP contribution in [0.15, 0.2) is 36.4 Å². The number of alkyl carbamates (subject to hydrolysis) is 1. The number of ether oxygens (including phenoxy) is 2. The number of amides is 2. The van der Waals surface area contributed by atoms with Crippen LogP contribution in [0, 0.1) is 6.92 Å². The number of hydrogen-bond acceptors (Lipinski definition) is 6. The lowest BCUT2D eigenvalue weighted by molar-refractivity contribution is -0.128. The van der Waals surface area contributed by atoms with E-state index in [1.807, 2.05) is 24.3 Å². The second-order valence-corrected chi connectivity index (χ2v) is 10.6. The van der Waals surface area contributed by atoms with E-state index in [4.69, 9.17) is 4.74 Å². The Bertz CT molecular complexity index is 1110. The van der Waals surface area contributed by atoms with Crippen LogP contribution in [-0.2, 0) is 14.9 Å². The number of nitrogens with zero attached hydrogens (tertiary/aromatic N) is 2. The highest BCUT2D eigenvalue weighted by molar-refractivity contribution is 6.01. The summed E-state index contributed by atoms with van der Waals surface area (Å²) in [4.78, 5) is 31.9. The predicted octanol–water partition coefficient (Wildman–Crippen LogP) is 4.83. The molecule has 0 radical (unpaired) electrons. The number of anilines is 1. The van der Waals surface area contributed by atoms with E-state index in [1.165, 1.54) is 6.07 Å². The molecule has 2 N–H and O–H groups in total. The van der Waals surface area contributed by atoms with E-state index < -0.39 is 23.7 Å². The quantitative estimate of drug-likeness (QED) is 0.494. The Morgan fingerprint density at radius 2 is 1.81 bits per heavy atom. The van der Waals surface area contributed by atoms with E-state index in [0.717, 1.165) is 11.1 Å². The minimum absolute atomic E-state index is 0.0855. The molecule has 0 unspecified atom stereocenters. The Morgan fingerprint density at radius 1 is 1.14 bits per heavy atom. The van der Waals surface area contributed by atoms with Crippen LogP contribution in [0.5, 0.6) is 5.88 Å². The van der Waals surface area contributed by atoms with E-state index >= 15 is 0 Å². The zero-order valence-corrected chi connectivity index (χ0v) is 22.2. The van der Waals surface area contributed by atoms with Gasteiger partial charge in [0.1, 0.15) is 11.3 Å². The summed E-state index contributed by atoms with van der Waals surface area (Å²) in [5.41, 5.74) is 0.986. The SMILES string of the molecule is Cc1ccc(NC(=O)C2(c3ccccc3C(C)C)CN(CCNC(=O)OC(C)(C)C)C2)c(OC(F)F)n1. The van der Waals surface area contributed by atoms with E-state index in [0.29, 0.717) is 31.9 Å². The Labute approximate surface area is 216 Å². The number of rotatable bonds is 9. The molecule has 0 atom stereocenters. The van der Waals surface area contributed by atoms with E-state index in [9.17, 15) is 18.4 Å². The molecule has 2 aromatic rings. The zero-order valence-electron chi connectivity index (χ0n) is 22.2. The second kappa shape index (κ2) is 11.4. The fourth-order valence-corrected chi connectivity index (χ4v) is 4.42. The summed E-state index contributed by atoms with van der Waals surface area (Å²) in [6.45, 7) is 9.74. The van der Waals surface area contributed by atoms with E-state index in [-0.39, 0.29) is 23.4 Å². The average molecular weight is 519 g/mol. The lowest BCUT2D eigenvalue weighted by Crippen LogP contribution is -2.66. The third kappa shape index (κ3) is 7.15. The number of alkyl halides is 2. The van der Waals surface area contributed by atoms with Crippen molar-refractivity contribution >= 4 is 17.7 Å². The number of pyridine rings is 1. The van der Waals surface area contributed by atoms with Gasteiger partial charge in [0.2, 0.25) is 11.8 Å². The van der Waals surface area contributed by atoms with Crippen LogP contribution in [0.25, 0.3) is 0 Å². The maximum atomic E-state index is 13.8. The highest BCUT2D eigenvalue weighted by atomic mass is 19.3. The van der Waals surface area contributed by atoms with Gasteiger partial charge in [0, 0.05) is 31.9 Å². The highest BCUT2D eigenvalue weighted by Gasteiger charge is 2.51. The molecular formula is C27H36F2N4O4. The molecule has 0 saturated carbocycles. The Hall–Kier alpha value is -3.27. The minimum Gasteiger partial charge on any atom is -0.444 e. The molecule has 10 heteroatoms. The molecule has 3 rings (SSSR count). The zero-order chi connectivity index (χ0) is 27.4. The largest absolute Gasteiger partial charge is 0.444 e. The number of aromatic nitrogens is 1. The summed E-state index contributed by atoms with van der Waals surface area (Å²) in [6.07, 6.45) is -0.499. The summed E-state index contributed by atoms with van der Waals surface area (Å²) in [5.74, 6) is -0.488. The van der Waals surface area contributed by atoms with Gasteiger partial charge in [-0.25, -0.2) is 9.78 Å². The number of halogens is 2. The third-order valence-corrected chi connectivity index (χ3v) is 6.06. The van der Waals surface area contributed by atoms with Gasteiger partial charge in [0.15, 0.2) is 0 Å². The van der Waals surface area contributed by atoms with E-state index in [2.05, 4.69) is 39.1 Å². The molecule has 1 aliphatic rings. The van der Waals surface area contributed by atoms with Crippen LogP contribution in [-0.4, -0.2) is 60.3 Å². The van der Waals surface area contributed by atoms with Crippen LogP contribution in [0.3, 0.4) is 0 Å². The topological polar surface area (TPSA) is 92.8 Å². The first-order chi connectivity index (χ1) is 17.3. The van der Waals surface area contributed by atoms with Gasteiger partial charge in [0.25, 0.3) is 0 Å². The molecule has 1 aromatic heterocycles. The summed E-state index contributed by atoms with van der Waals surface area (Å²) in [5, 5.41) is 5.53. The van der Waals surface area contributed by atoms with Crippen molar-refractivity contribution in [2.24, 2.45) is 0 Å². The minimum atomic E-state index is -3.07. The normalized spacial score (nSPS) is 15.3. The van der Waals surface area contributed by atoms with Crippen LogP contribution >= 0.6 is 0 Å². The molecule has 8 nitrogen and oxygen atoms in total. The summed E-state index contributed by atoms with van der Waals surface area (Å²) < 4.78 is 35.8. The molecule has 0 bridgehead atoms. The van der Waals surface area contributed by atoms with Gasteiger partial charge in [-0.3, -0.25) is 9.69 Å². The van der Waals surface area contributed by atoms with Gasteiger partial charge in [-0.05, 0) is 56.9 Å². The molecule has 2 heterocycles. The molecular weight excluding hydrogens is 482 g/mol. The standard InChI is InChI=1S/C27H36F2N4O4/c1-17(2)19-9-7-8-10-20(19)27(15-33(16-27)14-13-30-25(35)37-26(4,5)6)23(34)32-21-12-11-18(3)31-22(21)36-24(28)29/h7-12,17,24H,13-16H2,1-6H3,(H,30,35)(H,32,34). The van der Waals surface area contributed by atoms with Crippen molar-refractivity contribution in [1.29, 1.82) is 0 Å². The summed E-state index contributed by atoms with van der Waals surface area (Å²) >= 11 is 0. The third-order valence-electron chi connectivity index (χ3n) is 6.06. The molecule has 1 aliphatic heterocycles. The van der Waals surface area contributed by atoms with Crippen LogP contribution < -0.4 is 15.4 Å². The van der Waals surface area contributed by atoms with Crippen molar-refractivity contribution in [2.75, 3.05) is 31.5 Å². The lowest BCUT2D eigenvalue weighted by Gasteiger charge is -2.50. The molecule has 1 aromatic carbocycles. The van der Waals surface area contributed by atoms with Gasteiger partial charge in [-0.1, -0.05) is 38.1 Å². The molecule has 2 amide bonds. The number of aryl methyl sites for hydroxylation is 1. The molecule has 0 spiro atoms. The first-order valence-electron chi connectivity index (χ1n) is 12.3. The Kier molecular flexibility index (Phi) is 8.73. The fourth-order valence-electron chi connectivity index (χ4n) is 4.42. The maximum Gasteiger partial charge on any atom is 0.407 e. The van der Waals surface area contributed by atoms with Crippen molar-refractivity contribution in [3.8, 4) is 5.88 Å². The number of nitrogens with one attached hydrogen (secondary N) is 2. The van der Waals surface area contributed by atoms with Gasteiger partial charge in [-0.2, -0.15) is 8.78 Å². The van der Waals surface area contributed by atoms with Crippen LogP contribution in [0.2, 0.25) is 0 Å². The first-order valence-corrected chi connectivity index (χ1v) is 12.3. The number of hydrogen-bond donors (Lipinski definition) is 2. The van der Waals surface area contributed by atoms with Gasteiger partial charge < -0.3 is 20.1 Å². The Morgan fingerprint density at radius 3 is 2.43 bits per heavy atom. The predicted molar refractivity (Wildman–Crippen MR) is 137 cm³/mol. The lowest BCUT2D eigenvalue weighted by atomic mass is 9.69. The number of carbonyl (C=O) groups excluding carboxylic acids is 2. The first kappa shape index (κ1) is 28.3. The molecule has 1 fully saturated rings. The monoisotopic (exact) mass is 518 g/mol. The van der Waals surface area contributed by atoms with Crippen molar-refractivity contribution in [3.63, 3.8) is 0 Å². The summed E-state index contributed by atoms with van der Waals surface area (Å²) in [6, 6.07) is 10.9. The average Bonchev–Trinajstić information content (AvgIpc) is 2.75. The van der Waals surface area contributed by atoms with Gasteiger partial charge in [0.05, 0.1) is 5.41 Å². The van der Waals surface area contributed by atoms with Crippen molar-refractivity contribution < 1.29 is 27.8 Å². The van der Waals surface area contributed by atoms with Gasteiger partial charge in [-0.15, -0.1) is 0 Å². The second-order valence-electron chi connectivity index (χ2n) is 10.6. The molecule has 202 valence electrons. The van der Waals surface area contributed by atoms with Crippen LogP contribution in [0.1, 0.15) is 57.4 Å². The van der Waals surface area contributed by atoms with Crippen molar-refractivity contribution in [1.82, 2.24) is 15.2 Å². The van der Waals surface area contributed by atoms with Crippen LogP contribution in [0.4, 0.5) is 19.3 Å². The van der Waals surface area contributed by atoms with Gasteiger partial charge >= 0.3 is 12.7 Å². The Balaban J connectivity index is 1.81. The summed E-state index contributed by atoms with van der Waals surface area (Å²) in [7, 11) is 0.